The topological polar surface area (TPSA) is 24.9 Å². The molecule has 0 saturated heterocycles. The molecule has 0 aliphatic heterocycles. The van der Waals surface area contributed by atoms with Crippen LogP contribution in [0.5, 0.6) is 0 Å². The highest BCUT2D eigenvalue weighted by atomic mass is 32.1. The largest absolute Gasteiger partial charge is 0.331 e. The molecule has 121 valence electrons. The Balaban J connectivity index is 1.83. The highest BCUT2D eigenvalue weighted by Crippen LogP contribution is 2.37. The second kappa shape index (κ2) is 7.32. The Labute approximate surface area is 151 Å². The molecular formula is C22H17N2S. The Morgan fingerprint density at radius 1 is 0.760 bits per heavy atom. The summed E-state index contributed by atoms with van der Waals surface area (Å²) >= 11 is 1.55. The summed E-state index contributed by atoms with van der Waals surface area (Å²) in [6.07, 6.45) is 2.87. The first-order valence-corrected chi connectivity index (χ1v) is 9.07. The third kappa shape index (κ3) is 3.47. The number of nitrogens with zero attached hydrogens (tertiary/aromatic N) is 1. The second-order valence-electron chi connectivity index (χ2n) is 5.75. The van der Waals surface area contributed by atoms with E-state index in [1.54, 1.807) is 11.3 Å². The molecule has 3 heteroatoms. The summed E-state index contributed by atoms with van der Waals surface area (Å²) in [4.78, 5) is 4.24. The van der Waals surface area contributed by atoms with Crippen LogP contribution in [0.1, 0.15) is 22.6 Å². The molecule has 0 atom stereocenters. The number of aromatic nitrogens is 1. The van der Waals surface area contributed by atoms with Gasteiger partial charge in [0, 0.05) is 17.0 Å². The number of rotatable bonds is 5. The van der Waals surface area contributed by atoms with E-state index < -0.39 is 0 Å². The lowest BCUT2D eigenvalue weighted by atomic mass is 9.84. The predicted molar refractivity (Wildman–Crippen MR) is 105 cm³/mol. The van der Waals surface area contributed by atoms with Crippen LogP contribution in [0.3, 0.4) is 0 Å². The van der Waals surface area contributed by atoms with E-state index >= 15 is 0 Å². The van der Waals surface area contributed by atoms with Gasteiger partial charge in [0.1, 0.15) is 6.20 Å². The third-order valence-corrected chi connectivity index (χ3v) is 4.81. The fourth-order valence-corrected chi connectivity index (χ4v) is 3.56. The van der Waals surface area contributed by atoms with E-state index in [2.05, 4.69) is 101 Å². The zero-order chi connectivity index (χ0) is 16.9. The van der Waals surface area contributed by atoms with Crippen LogP contribution in [-0.2, 0) is 0 Å². The molecule has 4 rings (SSSR count). The van der Waals surface area contributed by atoms with Crippen LogP contribution in [0.2, 0.25) is 0 Å². The van der Waals surface area contributed by atoms with E-state index in [0.717, 1.165) is 10.8 Å². The lowest BCUT2D eigenvalue weighted by Gasteiger charge is -2.22. The van der Waals surface area contributed by atoms with Gasteiger partial charge in [0.05, 0.1) is 0 Å². The summed E-state index contributed by atoms with van der Waals surface area (Å²) in [6.45, 7) is 0. The molecular weight excluding hydrogens is 324 g/mol. The van der Waals surface area contributed by atoms with Gasteiger partial charge in [-0.15, -0.1) is 11.3 Å². The monoisotopic (exact) mass is 341 g/mol. The highest BCUT2D eigenvalue weighted by Gasteiger charge is 2.19. The molecule has 0 saturated carbocycles. The fourth-order valence-electron chi connectivity index (χ4n) is 3.07. The van der Waals surface area contributed by atoms with Gasteiger partial charge in [0.2, 0.25) is 0 Å². The molecule has 1 N–H and O–H groups in total. The molecule has 1 heterocycles. The number of hydrogen-bond donors (Lipinski definition) is 1. The van der Waals surface area contributed by atoms with Gasteiger partial charge >= 0.3 is 0 Å². The molecule has 0 unspecified atom stereocenters. The lowest BCUT2D eigenvalue weighted by molar-refractivity contribution is 0.979. The number of para-hydroxylation sites is 1. The molecule has 0 aliphatic carbocycles. The average molecular weight is 341 g/mol. The zero-order valence-electron chi connectivity index (χ0n) is 13.6. The van der Waals surface area contributed by atoms with Gasteiger partial charge in [0.15, 0.2) is 5.13 Å². The van der Waals surface area contributed by atoms with Crippen LogP contribution in [0, 0.1) is 6.20 Å². The molecule has 2 nitrogen and oxygen atoms in total. The third-order valence-electron chi connectivity index (χ3n) is 4.17. The van der Waals surface area contributed by atoms with Crippen molar-refractivity contribution in [3.63, 3.8) is 0 Å². The van der Waals surface area contributed by atoms with Crippen LogP contribution < -0.4 is 5.32 Å². The van der Waals surface area contributed by atoms with Crippen molar-refractivity contribution in [2.45, 2.75) is 5.92 Å². The van der Waals surface area contributed by atoms with Crippen LogP contribution in [0.4, 0.5) is 10.8 Å². The minimum absolute atomic E-state index is 0.162. The Morgan fingerprint density at radius 2 is 1.36 bits per heavy atom. The molecule has 0 fully saturated rings. The van der Waals surface area contributed by atoms with Gasteiger partial charge in [-0.05, 0) is 22.8 Å². The van der Waals surface area contributed by atoms with E-state index in [1.807, 2.05) is 5.38 Å². The van der Waals surface area contributed by atoms with E-state index in [9.17, 15) is 0 Å². The quantitative estimate of drug-likeness (QED) is 0.459. The number of anilines is 2. The molecule has 25 heavy (non-hydrogen) atoms. The van der Waals surface area contributed by atoms with Crippen molar-refractivity contribution in [2.24, 2.45) is 0 Å². The molecule has 0 aliphatic rings. The van der Waals surface area contributed by atoms with Crippen molar-refractivity contribution in [1.82, 2.24) is 4.98 Å². The first-order chi connectivity index (χ1) is 12.4. The first kappa shape index (κ1) is 15.6. The van der Waals surface area contributed by atoms with Gasteiger partial charge in [-0.25, -0.2) is 4.98 Å². The molecule has 0 amide bonds. The molecule has 4 aromatic rings. The van der Waals surface area contributed by atoms with Gasteiger partial charge in [-0.3, -0.25) is 0 Å². The normalized spacial score (nSPS) is 10.8. The molecule has 0 spiro atoms. The van der Waals surface area contributed by atoms with Crippen molar-refractivity contribution in [3.8, 4) is 0 Å². The second-order valence-corrected chi connectivity index (χ2v) is 6.61. The number of benzene rings is 3. The Hall–Kier alpha value is -2.91. The van der Waals surface area contributed by atoms with Crippen LogP contribution >= 0.6 is 11.3 Å². The van der Waals surface area contributed by atoms with E-state index in [4.69, 9.17) is 0 Å². The number of thiazole rings is 1. The van der Waals surface area contributed by atoms with E-state index in [1.165, 1.54) is 16.7 Å². The smallest absolute Gasteiger partial charge is 0.187 e. The van der Waals surface area contributed by atoms with Crippen molar-refractivity contribution in [1.29, 1.82) is 0 Å². The maximum atomic E-state index is 4.24. The summed E-state index contributed by atoms with van der Waals surface area (Å²) in [6, 6.07) is 29.7. The van der Waals surface area contributed by atoms with Crippen LogP contribution in [0.15, 0.2) is 90.3 Å². The predicted octanol–water partition coefficient (Wildman–Crippen LogP) is 5.87. The van der Waals surface area contributed by atoms with E-state index in [0.29, 0.717) is 0 Å². The highest BCUT2D eigenvalue weighted by molar-refractivity contribution is 7.13. The molecule has 1 radical (unpaired) electrons. The van der Waals surface area contributed by atoms with Gasteiger partial charge in [0.25, 0.3) is 0 Å². The zero-order valence-corrected chi connectivity index (χ0v) is 14.4. The number of nitrogens with one attached hydrogen (secondary N) is 1. The van der Waals surface area contributed by atoms with E-state index in [-0.39, 0.29) is 5.92 Å². The summed E-state index contributed by atoms with van der Waals surface area (Å²) in [7, 11) is 0. The Morgan fingerprint density at radius 3 is 1.96 bits per heavy atom. The fraction of sp³-hybridized carbons (Fsp3) is 0.0455. The van der Waals surface area contributed by atoms with Crippen molar-refractivity contribution < 1.29 is 0 Å². The molecule has 1 aromatic heterocycles. The maximum absolute atomic E-state index is 4.24. The van der Waals surface area contributed by atoms with Gasteiger partial charge in [-0.2, -0.15) is 0 Å². The summed E-state index contributed by atoms with van der Waals surface area (Å²) in [5, 5.41) is 6.16. The van der Waals surface area contributed by atoms with Crippen molar-refractivity contribution >= 4 is 22.2 Å². The van der Waals surface area contributed by atoms with Crippen LogP contribution in [-0.4, -0.2) is 4.98 Å². The summed E-state index contributed by atoms with van der Waals surface area (Å²) in [5.41, 5.74) is 4.85. The maximum Gasteiger partial charge on any atom is 0.187 e. The summed E-state index contributed by atoms with van der Waals surface area (Å²) < 4.78 is 0. The Kier molecular flexibility index (Phi) is 4.57. The minimum Gasteiger partial charge on any atom is -0.331 e. The van der Waals surface area contributed by atoms with Crippen LogP contribution in [0.25, 0.3) is 0 Å². The SMILES string of the molecule is [c]1csc(Nc2ccccc2C(c2ccccc2)c2ccccc2)n1. The standard InChI is InChI=1S/C22H17N2S/c1-3-9-17(10-4-1)21(18-11-5-2-6-12-18)19-13-7-8-14-20(19)24-22-23-15-16-25-22/h1-14,16,21H,(H,23,24). The lowest BCUT2D eigenvalue weighted by Crippen LogP contribution is -2.06. The van der Waals surface area contributed by atoms with Gasteiger partial charge < -0.3 is 5.32 Å². The molecule has 3 aromatic carbocycles. The average Bonchev–Trinajstić information content (AvgIpc) is 3.18. The first-order valence-electron chi connectivity index (χ1n) is 8.19. The molecule has 0 bridgehead atoms. The Bertz CT molecular complexity index is 879. The minimum atomic E-state index is 0.162. The van der Waals surface area contributed by atoms with Gasteiger partial charge in [-0.1, -0.05) is 78.9 Å². The number of hydrogen-bond acceptors (Lipinski definition) is 3. The summed E-state index contributed by atoms with van der Waals surface area (Å²) in [5.74, 6) is 0.162. The van der Waals surface area contributed by atoms with Crippen molar-refractivity contribution in [3.05, 3.63) is 113 Å². The van der Waals surface area contributed by atoms with Crippen molar-refractivity contribution in [2.75, 3.05) is 5.32 Å².